The minimum absolute atomic E-state index is 0. The highest BCUT2D eigenvalue weighted by atomic mass is 35.5. The van der Waals surface area contributed by atoms with Gasteiger partial charge in [0.1, 0.15) is 0 Å². The third kappa shape index (κ3) is 5.45. The zero-order valence-corrected chi connectivity index (χ0v) is 11.1. The molecule has 0 aliphatic carbocycles. The maximum atomic E-state index is 5.71. The van der Waals surface area contributed by atoms with E-state index >= 15 is 0 Å². The molecule has 0 saturated heterocycles. The van der Waals surface area contributed by atoms with Crippen LogP contribution in [-0.2, 0) is 6.54 Å². The van der Waals surface area contributed by atoms with E-state index in [1.807, 2.05) is 12.3 Å². The van der Waals surface area contributed by atoms with Crippen molar-refractivity contribution in [3.63, 3.8) is 0 Å². The van der Waals surface area contributed by atoms with Crippen LogP contribution in [0.15, 0.2) is 24.5 Å². The van der Waals surface area contributed by atoms with Gasteiger partial charge < -0.3 is 10.6 Å². The number of rotatable bonds is 5. The molecule has 0 fully saturated rings. The van der Waals surface area contributed by atoms with Crippen LogP contribution >= 0.6 is 12.4 Å². The third-order valence-electron chi connectivity index (χ3n) is 2.43. The molecule has 0 amide bonds. The third-order valence-corrected chi connectivity index (χ3v) is 2.43. The Kier molecular flexibility index (Phi) is 6.56. The average molecular weight is 244 g/mol. The molecule has 0 aromatic carbocycles. The SMILES string of the molecule is CN(Cc1cccnc1)CC(C)(C)CN.Cl. The lowest BCUT2D eigenvalue weighted by Crippen LogP contribution is -2.36. The lowest BCUT2D eigenvalue weighted by atomic mass is 9.93. The van der Waals surface area contributed by atoms with E-state index in [2.05, 4.69) is 36.8 Å². The van der Waals surface area contributed by atoms with Crippen molar-refractivity contribution >= 4 is 12.4 Å². The standard InChI is InChI=1S/C12H21N3.ClH/c1-12(2,9-13)10-15(3)8-11-5-4-6-14-7-11;/h4-7H,8-10,13H2,1-3H3;1H. The number of halogens is 1. The molecule has 4 heteroatoms. The number of nitrogens with zero attached hydrogens (tertiary/aromatic N) is 2. The second-order valence-corrected chi connectivity index (χ2v) is 4.90. The fourth-order valence-electron chi connectivity index (χ4n) is 1.65. The van der Waals surface area contributed by atoms with Crippen molar-refractivity contribution in [1.82, 2.24) is 9.88 Å². The Hall–Kier alpha value is -0.640. The van der Waals surface area contributed by atoms with Crippen LogP contribution in [-0.4, -0.2) is 30.0 Å². The molecule has 2 N–H and O–H groups in total. The molecular formula is C12H22ClN3. The van der Waals surface area contributed by atoms with Crippen molar-refractivity contribution in [2.24, 2.45) is 11.1 Å². The van der Waals surface area contributed by atoms with Crippen LogP contribution < -0.4 is 5.73 Å². The highest BCUT2D eigenvalue weighted by Crippen LogP contribution is 2.15. The first-order valence-corrected chi connectivity index (χ1v) is 5.31. The summed E-state index contributed by atoms with van der Waals surface area (Å²) >= 11 is 0. The van der Waals surface area contributed by atoms with E-state index < -0.39 is 0 Å². The fourth-order valence-corrected chi connectivity index (χ4v) is 1.65. The Labute approximate surface area is 104 Å². The van der Waals surface area contributed by atoms with E-state index in [0.29, 0.717) is 6.54 Å². The molecule has 1 heterocycles. The van der Waals surface area contributed by atoms with Crippen molar-refractivity contribution in [3.05, 3.63) is 30.1 Å². The molecule has 0 aliphatic rings. The molecule has 1 rings (SSSR count). The van der Waals surface area contributed by atoms with Gasteiger partial charge in [0.2, 0.25) is 0 Å². The number of hydrogen-bond donors (Lipinski definition) is 1. The van der Waals surface area contributed by atoms with E-state index in [0.717, 1.165) is 13.1 Å². The number of aromatic nitrogens is 1. The first-order valence-electron chi connectivity index (χ1n) is 5.31. The number of nitrogens with two attached hydrogens (primary N) is 1. The van der Waals surface area contributed by atoms with E-state index in [-0.39, 0.29) is 17.8 Å². The van der Waals surface area contributed by atoms with Crippen molar-refractivity contribution in [1.29, 1.82) is 0 Å². The predicted molar refractivity (Wildman–Crippen MR) is 70.7 cm³/mol. The van der Waals surface area contributed by atoms with Gasteiger partial charge in [-0.25, -0.2) is 0 Å². The number of hydrogen-bond acceptors (Lipinski definition) is 3. The van der Waals surface area contributed by atoms with Crippen molar-refractivity contribution in [3.8, 4) is 0 Å². The van der Waals surface area contributed by atoms with Gasteiger partial charge in [-0.1, -0.05) is 19.9 Å². The van der Waals surface area contributed by atoms with E-state index in [9.17, 15) is 0 Å². The summed E-state index contributed by atoms with van der Waals surface area (Å²) in [6, 6.07) is 4.07. The van der Waals surface area contributed by atoms with Crippen LogP contribution in [0.1, 0.15) is 19.4 Å². The normalized spacial score (nSPS) is 11.3. The molecule has 0 atom stereocenters. The Morgan fingerprint density at radius 3 is 2.62 bits per heavy atom. The van der Waals surface area contributed by atoms with Crippen molar-refractivity contribution in [2.75, 3.05) is 20.1 Å². The quantitative estimate of drug-likeness (QED) is 0.859. The highest BCUT2D eigenvalue weighted by Gasteiger charge is 2.17. The van der Waals surface area contributed by atoms with E-state index in [1.165, 1.54) is 5.56 Å². The summed E-state index contributed by atoms with van der Waals surface area (Å²) < 4.78 is 0. The van der Waals surface area contributed by atoms with Crippen molar-refractivity contribution in [2.45, 2.75) is 20.4 Å². The van der Waals surface area contributed by atoms with Gasteiger partial charge in [-0.3, -0.25) is 4.98 Å². The summed E-state index contributed by atoms with van der Waals surface area (Å²) in [6.45, 7) is 7.01. The first kappa shape index (κ1) is 15.4. The van der Waals surface area contributed by atoms with Gasteiger partial charge in [0.25, 0.3) is 0 Å². The summed E-state index contributed by atoms with van der Waals surface area (Å²) in [6.07, 6.45) is 3.71. The zero-order valence-electron chi connectivity index (χ0n) is 10.3. The van der Waals surface area contributed by atoms with E-state index in [1.54, 1.807) is 6.20 Å². The maximum Gasteiger partial charge on any atom is 0.0312 e. The summed E-state index contributed by atoms with van der Waals surface area (Å²) in [5, 5.41) is 0. The Bertz CT molecular complexity index is 288. The van der Waals surface area contributed by atoms with E-state index in [4.69, 9.17) is 5.73 Å². The Morgan fingerprint density at radius 2 is 2.12 bits per heavy atom. The molecule has 0 saturated carbocycles. The summed E-state index contributed by atoms with van der Waals surface area (Å²) in [5.41, 5.74) is 7.13. The molecule has 0 unspecified atom stereocenters. The molecule has 1 aromatic rings. The molecule has 92 valence electrons. The smallest absolute Gasteiger partial charge is 0.0312 e. The lowest BCUT2D eigenvalue weighted by molar-refractivity contribution is 0.210. The van der Waals surface area contributed by atoms with Crippen LogP contribution in [0.5, 0.6) is 0 Å². The summed E-state index contributed by atoms with van der Waals surface area (Å²) in [4.78, 5) is 6.38. The van der Waals surface area contributed by atoms with Crippen LogP contribution in [0.25, 0.3) is 0 Å². The largest absolute Gasteiger partial charge is 0.330 e. The molecule has 0 spiro atoms. The maximum absolute atomic E-state index is 5.71. The van der Waals surface area contributed by atoms with Crippen LogP contribution in [0.3, 0.4) is 0 Å². The van der Waals surface area contributed by atoms with Gasteiger partial charge in [-0.15, -0.1) is 12.4 Å². The van der Waals surface area contributed by atoms with Gasteiger partial charge in [0, 0.05) is 25.5 Å². The highest BCUT2D eigenvalue weighted by molar-refractivity contribution is 5.85. The molecule has 0 bridgehead atoms. The number of pyridine rings is 1. The fraction of sp³-hybridized carbons (Fsp3) is 0.583. The van der Waals surface area contributed by atoms with Crippen molar-refractivity contribution < 1.29 is 0 Å². The molecule has 0 radical (unpaired) electrons. The topological polar surface area (TPSA) is 42.2 Å². The van der Waals surface area contributed by atoms with Gasteiger partial charge >= 0.3 is 0 Å². The second kappa shape index (κ2) is 6.84. The Morgan fingerprint density at radius 1 is 1.44 bits per heavy atom. The zero-order chi connectivity index (χ0) is 11.3. The van der Waals surface area contributed by atoms with Gasteiger partial charge in [-0.05, 0) is 30.6 Å². The van der Waals surface area contributed by atoms with Crippen LogP contribution in [0.4, 0.5) is 0 Å². The van der Waals surface area contributed by atoms with Gasteiger partial charge in [0.05, 0.1) is 0 Å². The van der Waals surface area contributed by atoms with Gasteiger partial charge in [0.15, 0.2) is 0 Å². The van der Waals surface area contributed by atoms with Crippen LogP contribution in [0, 0.1) is 5.41 Å². The minimum atomic E-state index is 0. The first-order chi connectivity index (χ1) is 7.03. The molecule has 16 heavy (non-hydrogen) atoms. The summed E-state index contributed by atoms with van der Waals surface area (Å²) in [5.74, 6) is 0. The predicted octanol–water partition coefficient (Wildman–Crippen LogP) is 1.92. The Balaban J connectivity index is 0.00000225. The van der Waals surface area contributed by atoms with Crippen LogP contribution in [0.2, 0.25) is 0 Å². The monoisotopic (exact) mass is 243 g/mol. The molecule has 3 nitrogen and oxygen atoms in total. The molecule has 0 aliphatic heterocycles. The minimum Gasteiger partial charge on any atom is -0.330 e. The van der Waals surface area contributed by atoms with Gasteiger partial charge in [-0.2, -0.15) is 0 Å². The summed E-state index contributed by atoms with van der Waals surface area (Å²) in [7, 11) is 2.12. The second-order valence-electron chi connectivity index (χ2n) is 4.90. The molecule has 1 aromatic heterocycles. The molecular weight excluding hydrogens is 222 g/mol. The average Bonchev–Trinajstić information content (AvgIpc) is 2.18. The lowest BCUT2D eigenvalue weighted by Gasteiger charge is -2.28.